The monoisotopic (exact) mass is 446 g/mol. The molecule has 1 aromatic heterocycles. The Hall–Kier alpha value is -2.96. The van der Waals surface area contributed by atoms with Crippen molar-refractivity contribution < 1.29 is 19.4 Å². The number of benzene rings is 2. The summed E-state index contributed by atoms with van der Waals surface area (Å²) >= 11 is 11.7. The summed E-state index contributed by atoms with van der Waals surface area (Å²) in [6.07, 6.45) is 1.67. The van der Waals surface area contributed by atoms with Crippen LogP contribution < -0.4 is 14.8 Å². The van der Waals surface area contributed by atoms with Crippen molar-refractivity contribution in [3.8, 4) is 11.5 Å². The standard InChI is InChI=1S/C22H20Cl2N2O4/c1-2-29-20-9-14(11-25-16-5-6-18(23)17(10-16)22(27)28)3-7-19(20)30-13-15-4-8-21(24)26-12-15/h3-10,12,25H,2,11,13H2,1H3,(H,27,28). The lowest BCUT2D eigenvalue weighted by Crippen LogP contribution is -2.04. The number of pyridine rings is 1. The minimum atomic E-state index is -1.07. The first kappa shape index (κ1) is 21.7. The van der Waals surface area contributed by atoms with Crippen LogP contribution in [0.25, 0.3) is 0 Å². The Bertz CT molecular complexity index is 1030. The number of nitrogens with one attached hydrogen (secondary N) is 1. The van der Waals surface area contributed by atoms with Gasteiger partial charge in [-0.3, -0.25) is 0 Å². The molecule has 8 heteroatoms. The van der Waals surface area contributed by atoms with Crippen molar-refractivity contribution in [1.82, 2.24) is 4.98 Å². The molecule has 30 heavy (non-hydrogen) atoms. The number of anilines is 1. The summed E-state index contributed by atoms with van der Waals surface area (Å²) in [4.78, 5) is 15.3. The van der Waals surface area contributed by atoms with E-state index in [-0.39, 0.29) is 10.6 Å². The fourth-order valence-electron chi connectivity index (χ4n) is 2.71. The van der Waals surface area contributed by atoms with Crippen LogP contribution in [0.4, 0.5) is 5.69 Å². The molecule has 0 saturated carbocycles. The molecule has 0 aliphatic carbocycles. The Morgan fingerprint density at radius 1 is 1.03 bits per heavy atom. The largest absolute Gasteiger partial charge is 0.490 e. The molecule has 0 amide bonds. The predicted octanol–water partition coefficient (Wildman–Crippen LogP) is 5.68. The number of hydrogen-bond acceptors (Lipinski definition) is 5. The van der Waals surface area contributed by atoms with Gasteiger partial charge in [-0.1, -0.05) is 35.3 Å². The average Bonchev–Trinajstić information content (AvgIpc) is 2.73. The number of halogens is 2. The molecular weight excluding hydrogens is 427 g/mol. The van der Waals surface area contributed by atoms with Gasteiger partial charge in [-0.05, 0) is 48.9 Å². The lowest BCUT2D eigenvalue weighted by molar-refractivity contribution is 0.0697. The molecule has 156 valence electrons. The smallest absolute Gasteiger partial charge is 0.337 e. The number of hydrogen-bond donors (Lipinski definition) is 2. The Balaban J connectivity index is 1.69. The Kier molecular flexibility index (Phi) is 7.38. The van der Waals surface area contributed by atoms with Gasteiger partial charge in [0.25, 0.3) is 0 Å². The number of carbonyl (C=O) groups is 1. The second-order valence-corrected chi connectivity index (χ2v) is 7.14. The third-order valence-corrected chi connectivity index (χ3v) is 4.74. The molecule has 0 atom stereocenters. The third kappa shape index (κ3) is 5.78. The Morgan fingerprint density at radius 3 is 2.53 bits per heavy atom. The molecule has 3 aromatic rings. The molecule has 0 spiro atoms. The number of carboxylic acids is 1. The molecule has 3 rings (SSSR count). The van der Waals surface area contributed by atoms with Crippen LogP contribution in [0.2, 0.25) is 10.2 Å². The quantitative estimate of drug-likeness (QED) is 0.411. The zero-order valence-corrected chi connectivity index (χ0v) is 17.7. The highest BCUT2D eigenvalue weighted by atomic mass is 35.5. The number of nitrogens with zero attached hydrogens (tertiary/aromatic N) is 1. The average molecular weight is 447 g/mol. The summed E-state index contributed by atoms with van der Waals surface area (Å²) in [6, 6.07) is 14.0. The summed E-state index contributed by atoms with van der Waals surface area (Å²) in [5.41, 5.74) is 2.55. The minimum Gasteiger partial charge on any atom is -0.490 e. The van der Waals surface area contributed by atoms with E-state index >= 15 is 0 Å². The van der Waals surface area contributed by atoms with Gasteiger partial charge in [0.1, 0.15) is 11.8 Å². The molecule has 2 aromatic carbocycles. The maximum Gasteiger partial charge on any atom is 0.337 e. The Morgan fingerprint density at radius 2 is 1.83 bits per heavy atom. The van der Waals surface area contributed by atoms with Crippen LogP contribution in [-0.2, 0) is 13.2 Å². The summed E-state index contributed by atoms with van der Waals surface area (Å²) in [7, 11) is 0. The first-order valence-corrected chi connectivity index (χ1v) is 9.97. The molecule has 0 radical (unpaired) electrons. The van der Waals surface area contributed by atoms with E-state index in [0.29, 0.717) is 42.1 Å². The van der Waals surface area contributed by atoms with E-state index in [1.54, 1.807) is 24.4 Å². The second kappa shape index (κ2) is 10.2. The first-order valence-electron chi connectivity index (χ1n) is 9.22. The number of aromatic carboxylic acids is 1. The van der Waals surface area contributed by atoms with Gasteiger partial charge in [0.2, 0.25) is 0 Å². The number of carboxylic acid groups (broad SMARTS) is 1. The molecule has 6 nitrogen and oxygen atoms in total. The van der Waals surface area contributed by atoms with Crippen LogP contribution in [0.15, 0.2) is 54.7 Å². The van der Waals surface area contributed by atoms with E-state index in [1.807, 2.05) is 31.2 Å². The highest BCUT2D eigenvalue weighted by molar-refractivity contribution is 6.33. The van der Waals surface area contributed by atoms with Crippen molar-refractivity contribution in [3.63, 3.8) is 0 Å². The molecule has 0 saturated heterocycles. The maximum atomic E-state index is 11.2. The Labute approximate surface area is 184 Å². The lowest BCUT2D eigenvalue weighted by Gasteiger charge is -2.14. The molecular formula is C22H20Cl2N2O4. The summed E-state index contributed by atoms with van der Waals surface area (Å²) < 4.78 is 11.6. The molecule has 2 N–H and O–H groups in total. The van der Waals surface area contributed by atoms with E-state index in [1.165, 1.54) is 6.07 Å². The van der Waals surface area contributed by atoms with Crippen LogP contribution in [0.3, 0.4) is 0 Å². The van der Waals surface area contributed by atoms with E-state index in [2.05, 4.69) is 10.3 Å². The maximum absolute atomic E-state index is 11.2. The number of aromatic nitrogens is 1. The van der Waals surface area contributed by atoms with Gasteiger partial charge in [0.15, 0.2) is 11.5 Å². The molecule has 0 unspecified atom stereocenters. The van der Waals surface area contributed by atoms with Crippen molar-refractivity contribution >= 4 is 34.9 Å². The fraction of sp³-hybridized carbons (Fsp3) is 0.182. The van der Waals surface area contributed by atoms with Crippen molar-refractivity contribution in [2.75, 3.05) is 11.9 Å². The molecule has 1 heterocycles. The predicted molar refractivity (Wildman–Crippen MR) is 117 cm³/mol. The van der Waals surface area contributed by atoms with E-state index in [4.69, 9.17) is 32.7 Å². The van der Waals surface area contributed by atoms with E-state index in [9.17, 15) is 9.90 Å². The summed E-state index contributed by atoms with van der Waals surface area (Å²) in [5.74, 6) is 0.177. The van der Waals surface area contributed by atoms with Gasteiger partial charge >= 0.3 is 5.97 Å². The lowest BCUT2D eigenvalue weighted by atomic mass is 10.1. The van der Waals surface area contributed by atoms with Gasteiger partial charge in [0.05, 0.1) is 17.2 Å². The van der Waals surface area contributed by atoms with E-state index < -0.39 is 5.97 Å². The van der Waals surface area contributed by atoms with Crippen molar-refractivity contribution in [2.24, 2.45) is 0 Å². The summed E-state index contributed by atoms with van der Waals surface area (Å²) in [5, 5.41) is 13.0. The van der Waals surface area contributed by atoms with E-state index in [0.717, 1.165) is 11.1 Å². The van der Waals surface area contributed by atoms with Gasteiger partial charge < -0.3 is 19.9 Å². The molecule has 0 fully saturated rings. The highest BCUT2D eigenvalue weighted by Gasteiger charge is 2.10. The second-order valence-electron chi connectivity index (χ2n) is 6.35. The van der Waals surface area contributed by atoms with Crippen molar-refractivity contribution in [2.45, 2.75) is 20.1 Å². The molecule has 0 aliphatic heterocycles. The normalized spacial score (nSPS) is 10.5. The zero-order chi connectivity index (χ0) is 21.5. The van der Waals surface area contributed by atoms with Gasteiger partial charge in [0, 0.05) is 24.0 Å². The zero-order valence-electron chi connectivity index (χ0n) is 16.2. The molecule has 0 aliphatic rings. The van der Waals surface area contributed by atoms with Crippen LogP contribution in [-0.4, -0.2) is 22.7 Å². The number of ether oxygens (including phenoxy) is 2. The van der Waals surface area contributed by atoms with Gasteiger partial charge in [-0.25, -0.2) is 9.78 Å². The van der Waals surface area contributed by atoms with Crippen molar-refractivity contribution in [3.05, 3.63) is 81.6 Å². The topological polar surface area (TPSA) is 80.7 Å². The summed E-state index contributed by atoms with van der Waals surface area (Å²) in [6.45, 7) is 3.21. The fourth-order valence-corrected chi connectivity index (χ4v) is 3.02. The minimum absolute atomic E-state index is 0.0529. The third-order valence-electron chi connectivity index (χ3n) is 4.18. The SMILES string of the molecule is CCOc1cc(CNc2ccc(Cl)c(C(=O)O)c2)ccc1OCc1ccc(Cl)nc1. The van der Waals surface area contributed by atoms with Crippen LogP contribution in [0, 0.1) is 0 Å². The van der Waals surface area contributed by atoms with Gasteiger partial charge in [-0.2, -0.15) is 0 Å². The number of rotatable bonds is 9. The van der Waals surface area contributed by atoms with Gasteiger partial charge in [-0.15, -0.1) is 0 Å². The van der Waals surface area contributed by atoms with Crippen LogP contribution in [0.5, 0.6) is 11.5 Å². The van der Waals surface area contributed by atoms with Crippen LogP contribution in [0.1, 0.15) is 28.4 Å². The highest BCUT2D eigenvalue weighted by Crippen LogP contribution is 2.30. The van der Waals surface area contributed by atoms with Crippen molar-refractivity contribution in [1.29, 1.82) is 0 Å². The molecule has 0 bridgehead atoms. The van der Waals surface area contributed by atoms with Crippen LogP contribution >= 0.6 is 23.2 Å². The first-order chi connectivity index (χ1) is 14.5.